The molecule has 3 atom stereocenters. The first-order valence-electron chi connectivity index (χ1n) is 13.1. The van der Waals surface area contributed by atoms with Crippen LogP contribution in [0.2, 0.25) is 0 Å². The Balaban J connectivity index is 1.89. The molecule has 36 heavy (non-hydrogen) atoms. The second-order valence-electron chi connectivity index (χ2n) is 10.3. The van der Waals surface area contributed by atoms with Crippen molar-refractivity contribution in [1.82, 2.24) is 0 Å². The van der Waals surface area contributed by atoms with E-state index in [0.717, 1.165) is 43.2 Å². The van der Waals surface area contributed by atoms with Gasteiger partial charge in [-0.3, -0.25) is 9.05 Å². The smallest absolute Gasteiger partial charge is 0.473 e. The molecule has 0 aliphatic heterocycles. The number of benzene rings is 1. The molecule has 3 rings (SSSR count). The third-order valence-corrected chi connectivity index (χ3v) is 8.09. The predicted octanol–water partition coefficient (Wildman–Crippen LogP) is 7.12. The number of hydrogen-bond donors (Lipinski definition) is 2. The number of carbonyl (C=O) groups is 1. The Kier molecular flexibility index (Phi) is 9.62. The van der Waals surface area contributed by atoms with E-state index in [-0.39, 0.29) is 42.8 Å². The zero-order valence-corrected chi connectivity index (χ0v) is 22.9. The van der Waals surface area contributed by atoms with E-state index >= 15 is 0 Å². The van der Waals surface area contributed by atoms with E-state index in [2.05, 4.69) is 19.6 Å². The number of ether oxygens (including phenoxy) is 1. The van der Waals surface area contributed by atoms with Crippen molar-refractivity contribution in [2.24, 2.45) is 5.92 Å². The van der Waals surface area contributed by atoms with E-state index in [9.17, 15) is 19.4 Å². The Morgan fingerprint density at radius 3 is 2.56 bits per heavy atom. The standard InChI is InChI=1S/C28H41O7P/c1-6-8-9-15-33-36(31,32)35-28(13-14-28)27(30)34-25-18-21(10-7-2)17-24(29)26(25)23-16-20(5)11-12-22(23)19(3)4/h16-18,22-23,29H,3,6-15H2,1-2,4-5H3,(H,31,32)/t22-,23+/m0/s1. The summed E-state index contributed by atoms with van der Waals surface area (Å²) >= 11 is 0. The molecule has 2 aliphatic rings. The van der Waals surface area contributed by atoms with Gasteiger partial charge in [-0.2, -0.15) is 0 Å². The molecule has 1 fully saturated rings. The summed E-state index contributed by atoms with van der Waals surface area (Å²) in [6, 6.07) is 3.53. The summed E-state index contributed by atoms with van der Waals surface area (Å²) in [5.41, 5.74) is 2.07. The number of rotatable bonds is 13. The summed E-state index contributed by atoms with van der Waals surface area (Å²) in [5.74, 6) is -0.515. The van der Waals surface area contributed by atoms with E-state index in [1.54, 1.807) is 12.1 Å². The Labute approximate surface area is 215 Å². The molecule has 7 nitrogen and oxygen atoms in total. The van der Waals surface area contributed by atoms with Gasteiger partial charge in [0, 0.05) is 11.5 Å². The van der Waals surface area contributed by atoms with Crippen molar-refractivity contribution in [2.45, 2.75) is 97.0 Å². The quantitative estimate of drug-likeness (QED) is 0.0938. The average molecular weight is 521 g/mol. The van der Waals surface area contributed by atoms with E-state index in [1.807, 2.05) is 20.8 Å². The molecule has 0 heterocycles. The molecule has 2 N–H and O–H groups in total. The van der Waals surface area contributed by atoms with Crippen LogP contribution >= 0.6 is 7.82 Å². The topological polar surface area (TPSA) is 102 Å². The maximum atomic E-state index is 13.3. The molecule has 0 bridgehead atoms. The first-order valence-corrected chi connectivity index (χ1v) is 14.6. The number of allylic oxidation sites excluding steroid dienone is 3. The van der Waals surface area contributed by atoms with Gasteiger partial charge in [0.05, 0.1) is 6.61 Å². The van der Waals surface area contributed by atoms with Gasteiger partial charge >= 0.3 is 13.8 Å². The van der Waals surface area contributed by atoms with Crippen molar-refractivity contribution in [1.29, 1.82) is 0 Å². The van der Waals surface area contributed by atoms with Crippen molar-refractivity contribution >= 4 is 13.8 Å². The summed E-state index contributed by atoms with van der Waals surface area (Å²) in [6.45, 7) is 12.3. The van der Waals surface area contributed by atoms with Gasteiger partial charge in [-0.1, -0.05) is 56.9 Å². The van der Waals surface area contributed by atoms with Gasteiger partial charge in [-0.15, -0.1) is 0 Å². The monoisotopic (exact) mass is 520 g/mol. The average Bonchev–Trinajstić information content (AvgIpc) is 3.56. The minimum absolute atomic E-state index is 0.0730. The molecule has 0 spiro atoms. The van der Waals surface area contributed by atoms with Crippen LogP contribution in [-0.4, -0.2) is 28.2 Å². The van der Waals surface area contributed by atoms with E-state index in [0.29, 0.717) is 18.4 Å². The third kappa shape index (κ3) is 7.10. The Hall–Kier alpha value is -1.92. The van der Waals surface area contributed by atoms with Crippen molar-refractivity contribution in [3.05, 3.63) is 47.1 Å². The van der Waals surface area contributed by atoms with Crippen LogP contribution < -0.4 is 4.74 Å². The molecule has 0 radical (unpaired) electrons. The summed E-state index contributed by atoms with van der Waals surface area (Å²) in [6.07, 6.45) is 8.50. The molecule has 1 saturated carbocycles. The zero-order chi connectivity index (χ0) is 26.5. The second kappa shape index (κ2) is 12.1. The lowest BCUT2D eigenvalue weighted by atomic mass is 9.73. The van der Waals surface area contributed by atoms with Crippen LogP contribution in [0.5, 0.6) is 11.5 Å². The predicted molar refractivity (Wildman–Crippen MR) is 140 cm³/mol. The molecule has 200 valence electrons. The van der Waals surface area contributed by atoms with Gasteiger partial charge in [0.2, 0.25) is 0 Å². The van der Waals surface area contributed by atoms with Crippen LogP contribution in [0.3, 0.4) is 0 Å². The fourth-order valence-corrected chi connectivity index (χ4v) is 5.96. The number of aryl methyl sites for hydroxylation is 1. The van der Waals surface area contributed by atoms with Crippen molar-refractivity contribution in [3.63, 3.8) is 0 Å². The molecule has 0 aromatic heterocycles. The summed E-state index contributed by atoms with van der Waals surface area (Å²) in [5, 5.41) is 11.1. The fourth-order valence-electron chi connectivity index (χ4n) is 4.84. The molecular formula is C28H41O7P. The van der Waals surface area contributed by atoms with Gasteiger partial charge in [-0.25, -0.2) is 9.36 Å². The van der Waals surface area contributed by atoms with Gasteiger partial charge in [0.25, 0.3) is 0 Å². The van der Waals surface area contributed by atoms with Crippen LogP contribution in [-0.2, 0) is 24.8 Å². The lowest BCUT2D eigenvalue weighted by Gasteiger charge is -2.32. The summed E-state index contributed by atoms with van der Waals surface area (Å²) in [4.78, 5) is 23.5. The molecular weight excluding hydrogens is 479 g/mol. The SMILES string of the molecule is C=C(C)[C@@H]1CCC(C)=C[C@H]1c1c(O)cc(CCC)cc1OC(=O)C1(OP(=O)(O)OCCCCC)CC1. The Morgan fingerprint density at radius 2 is 1.94 bits per heavy atom. The molecule has 2 aliphatic carbocycles. The lowest BCUT2D eigenvalue weighted by molar-refractivity contribution is -0.145. The highest BCUT2D eigenvalue weighted by Gasteiger charge is 2.58. The molecule has 1 unspecified atom stereocenters. The Morgan fingerprint density at radius 1 is 1.22 bits per heavy atom. The number of hydrogen-bond acceptors (Lipinski definition) is 6. The Bertz CT molecular complexity index is 1040. The number of phenols is 1. The summed E-state index contributed by atoms with van der Waals surface area (Å²) in [7, 11) is -4.42. The number of phosphoric acid groups is 1. The minimum Gasteiger partial charge on any atom is -0.507 e. The lowest BCUT2D eigenvalue weighted by Crippen LogP contribution is -2.31. The number of aromatic hydroxyl groups is 1. The minimum atomic E-state index is -4.42. The van der Waals surface area contributed by atoms with Gasteiger partial charge in [0.1, 0.15) is 11.5 Å². The van der Waals surface area contributed by atoms with Crippen LogP contribution in [0.15, 0.2) is 35.9 Å². The largest absolute Gasteiger partial charge is 0.507 e. The molecule has 8 heteroatoms. The van der Waals surface area contributed by atoms with Crippen LogP contribution in [0.1, 0.15) is 96.1 Å². The van der Waals surface area contributed by atoms with Crippen molar-refractivity contribution < 1.29 is 33.1 Å². The number of phenolic OH excluding ortho intramolecular Hbond substituents is 1. The van der Waals surface area contributed by atoms with Crippen molar-refractivity contribution in [2.75, 3.05) is 6.61 Å². The highest BCUT2D eigenvalue weighted by Crippen LogP contribution is 2.56. The van der Waals surface area contributed by atoms with Gasteiger partial charge in [0.15, 0.2) is 5.60 Å². The van der Waals surface area contributed by atoms with E-state index < -0.39 is 19.4 Å². The van der Waals surface area contributed by atoms with Crippen LogP contribution in [0, 0.1) is 5.92 Å². The number of esters is 1. The molecule has 1 aromatic carbocycles. The van der Waals surface area contributed by atoms with Gasteiger partial charge < -0.3 is 14.7 Å². The number of unbranched alkanes of at least 4 members (excludes halogenated alkanes) is 2. The van der Waals surface area contributed by atoms with E-state index in [1.165, 1.54) is 5.57 Å². The third-order valence-electron chi connectivity index (χ3n) is 7.00. The zero-order valence-electron chi connectivity index (χ0n) is 22.0. The van der Waals surface area contributed by atoms with Crippen LogP contribution in [0.4, 0.5) is 0 Å². The van der Waals surface area contributed by atoms with Gasteiger partial charge in [-0.05, 0) is 76.0 Å². The maximum Gasteiger partial charge on any atom is 0.473 e. The molecule has 1 aromatic rings. The normalized spacial score (nSPS) is 22.4. The highest BCUT2D eigenvalue weighted by atomic mass is 31.2. The summed E-state index contributed by atoms with van der Waals surface area (Å²) < 4.78 is 28.8. The maximum absolute atomic E-state index is 13.3. The van der Waals surface area contributed by atoms with Crippen molar-refractivity contribution in [3.8, 4) is 11.5 Å². The number of carbonyl (C=O) groups excluding carboxylic acids is 1. The number of phosphoric ester groups is 1. The fraction of sp³-hybridized carbons (Fsp3) is 0.607. The first kappa shape index (κ1) is 28.6. The molecule has 0 saturated heterocycles. The van der Waals surface area contributed by atoms with Crippen LogP contribution in [0.25, 0.3) is 0 Å². The van der Waals surface area contributed by atoms with E-state index in [4.69, 9.17) is 13.8 Å². The molecule has 0 amide bonds. The second-order valence-corrected chi connectivity index (χ2v) is 11.7. The highest BCUT2D eigenvalue weighted by molar-refractivity contribution is 7.47. The first-order chi connectivity index (χ1) is 17.0.